The molecule has 0 aliphatic rings. The topological polar surface area (TPSA) is 61.0 Å². The van der Waals surface area contributed by atoms with Crippen molar-refractivity contribution in [3.63, 3.8) is 0 Å². The van der Waals surface area contributed by atoms with Gasteiger partial charge in [-0.2, -0.15) is 0 Å². The van der Waals surface area contributed by atoms with Crippen LogP contribution in [0.25, 0.3) is 0 Å². The number of nitrogens with zero attached hydrogens (tertiary/aromatic N) is 2. The number of aryl methyl sites for hydroxylation is 1. The second-order valence-corrected chi connectivity index (χ2v) is 3.55. The Morgan fingerprint density at radius 1 is 1.54 bits per heavy atom. The van der Waals surface area contributed by atoms with Crippen molar-refractivity contribution in [1.82, 2.24) is 9.97 Å². The molecule has 1 heterocycles. The van der Waals surface area contributed by atoms with E-state index in [2.05, 4.69) is 9.97 Å². The van der Waals surface area contributed by atoms with Crippen molar-refractivity contribution < 1.29 is 4.74 Å². The van der Waals surface area contributed by atoms with Gasteiger partial charge in [0.05, 0.1) is 0 Å². The Morgan fingerprint density at radius 3 is 2.77 bits per heavy atom. The molecule has 0 amide bonds. The quantitative estimate of drug-likeness (QED) is 0.752. The molecular formula is C9H15N3O. The van der Waals surface area contributed by atoms with Crippen molar-refractivity contribution in [2.24, 2.45) is 5.73 Å². The van der Waals surface area contributed by atoms with Gasteiger partial charge in [-0.15, -0.1) is 0 Å². The van der Waals surface area contributed by atoms with Crippen molar-refractivity contribution in [1.29, 1.82) is 0 Å². The van der Waals surface area contributed by atoms with E-state index in [0.717, 1.165) is 5.69 Å². The average Bonchev–Trinajstić information content (AvgIpc) is 2.03. The van der Waals surface area contributed by atoms with Gasteiger partial charge in [-0.1, -0.05) is 0 Å². The standard InChI is InChI=1S/C9H15N3O/c1-7-4-5-11-8(12-7)13-9(2,3)6-10/h4-5H,6,10H2,1-3H3. The summed E-state index contributed by atoms with van der Waals surface area (Å²) in [5.74, 6) is 0. The summed E-state index contributed by atoms with van der Waals surface area (Å²) >= 11 is 0. The first-order chi connectivity index (χ1) is 6.03. The summed E-state index contributed by atoms with van der Waals surface area (Å²) < 4.78 is 5.48. The Balaban J connectivity index is 2.74. The van der Waals surface area contributed by atoms with Crippen LogP contribution < -0.4 is 10.5 Å². The number of ether oxygens (including phenoxy) is 1. The van der Waals surface area contributed by atoms with E-state index in [4.69, 9.17) is 10.5 Å². The van der Waals surface area contributed by atoms with Crippen molar-refractivity contribution >= 4 is 0 Å². The molecule has 0 saturated heterocycles. The molecule has 1 aromatic heterocycles. The zero-order valence-electron chi connectivity index (χ0n) is 8.24. The monoisotopic (exact) mass is 181 g/mol. The van der Waals surface area contributed by atoms with Crippen LogP contribution in [0.4, 0.5) is 0 Å². The number of hydrogen-bond acceptors (Lipinski definition) is 4. The minimum Gasteiger partial charge on any atom is -0.456 e. The average molecular weight is 181 g/mol. The predicted octanol–water partition coefficient (Wildman–Crippen LogP) is 0.901. The maximum atomic E-state index is 5.51. The molecule has 0 fully saturated rings. The van der Waals surface area contributed by atoms with Crippen LogP contribution in [0.5, 0.6) is 6.01 Å². The number of hydrogen-bond donors (Lipinski definition) is 1. The molecule has 0 bridgehead atoms. The first-order valence-electron chi connectivity index (χ1n) is 4.22. The second kappa shape index (κ2) is 3.70. The van der Waals surface area contributed by atoms with Gasteiger partial charge in [-0.25, -0.2) is 9.97 Å². The summed E-state index contributed by atoms with van der Waals surface area (Å²) in [6, 6.07) is 2.21. The zero-order chi connectivity index (χ0) is 9.90. The number of aromatic nitrogens is 2. The summed E-state index contributed by atoms with van der Waals surface area (Å²) in [5.41, 5.74) is 5.99. The first kappa shape index (κ1) is 9.92. The molecule has 2 N–H and O–H groups in total. The van der Waals surface area contributed by atoms with Gasteiger partial charge in [0, 0.05) is 18.4 Å². The molecule has 0 aromatic carbocycles. The lowest BCUT2D eigenvalue weighted by Crippen LogP contribution is -2.37. The van der Waals surface area contributed by atoms with Gasteiger partial charge in [0.1, 0.15) is 5.60 Å². The Hall–Kier alpha value is -1.16. The molecule has 1 aromatic rings. The van der Waals surface area contributed by atoms with Gasteiger partial charge >= 0.3 is 6.01 Å². The minimum atomic E-state index is -0.409. The summed E-state index contributed by atoms with van der Waals surface area (Å²) in [7, 11) is 0. The molecule has 0 spiro atoms. The molecule has 0 radical (unpaired) electrons. The molecule has 13 heavy (non-hydrogen) atoms. The maximum absolute atomic E-state index is 5.51. The molecule has 0 aliphatic heterocycles. The highest BCUT2D eigenvalue weighted by atomic mass is 16.5. The van der Waals surface area contributed by atoms with Crippen LogP contribution in [-0.2, 0) is 0 Å². The molecule has 72 valence electrons. The number of rotatable bonds is 3. The van der Waals surface area contributed by atoms with Crippen LogP contribution in [-0.4, -0.2) is 22.1 Å². The lowest BCUT2D eigenvalue weighted by atomic mass is 10.1. The van der Waals surface area contributed by atoms with Crippen LogP contribution >= 0.6 is 0 Å². The Morgan fingerprint density at radius 2 is 2.23 bits per heavy atom. The normalized spacial score (nSPS) is 11.4. The third-order valence-corrected chi connectivity index (χ3v) is 1.63. The van der Waals surface area contributed by atoms with Crippen molar-refractivity contribution in [2.45, 2.75) is 26.4 Å². The summed E-state index contributed by atoms with van der Waals surface area (Å²) in [4.78, 5) is 8.10. The molecule has 0 atom stereocenters. The molecule has 0 unspecified atom stereocenters. The van der Waals surface area contributed by atoms with Gasteiger partial charge in [-0.3, -0.25) is 0 Å². The van der Waals surface area contributed by atoms with Crippen LogP contribution in [0, 0.1) is 6.92 Å². The van der Waals surface area contributed by atoms with E-state index in [0.29, 0.717) is 12.6 Å². The first-order valence-corrected chi connectivity index (χ1v) is 4.22. The van der Waals surface area contributed by atoms with Gasteiger partial charge in [0.25, 0.3) is 0 Å². The van der Waals surface area contributed by atoms with Gasteiger partial charge in [0.2, 0.25) is 0 Å². The Kier molecular flexibility index (Phi) is 2.83. The fourth-order valence-corrected chi connectivity index (χ4v) is 0.764. The van der Waals surface area contributed by atoms with Crippen LogP contribution in [0.2, 0.25) is 0 Å². The second-order valence-electron chi connectivity index (χ2n) is 3.55. The Bertz CT molecular complexity index is 286. The van der Waals surface area contributed by atoms with E-state index in [1.165, 1.54) is 0 Å². The summed E-state index contributed by atoms with van der Waals surface area (Å²) in [6.45, 7) is 6.13. The smallest absolute Gasteiger partial charge is 0.317 e. The van der Waals surface area contributed by atoms with Gasteiger partial charge in [-0.05, 0) is 26.8 Å². The fourth-order valence-electron chi connectivity index (χ4n) is 0.764. The van der Waals surface area contributed by atoms with Gasteiger partial charge in [0.15, 0.2) is 0 Å². The number of nitrogens with two attached hydrogens (primary N) is 1. The van der Waals surface area contributed by atoms with Crippen LogP contribution in [0.3, 0.4) is 0 Å². The van der Waals surface area contributed by atoms with E-state index in [9.17, 15) is 0 Å². The molecule has 4 nitrogen and oxygen atoms in total. The zero-order valence-corrected chi connectivity index (χ0v) is 8.24. The highest BCUT2D eigenvalue weighted by Crippen LogP contribution is 2.11. The predicted molar refractivity (Wildman–Crippen MR) is 50.5 cm³/mol. The van der Waals surface area contributed by atoms with Crippen molar-refractivity contribution in [3.8, 4) is 6.01 Å². The highest BCUT2D eigenvalue weighted by Gasteiger charge is 2.18. The molecule has 0 aliphatic carbocycles. The van der Waals surface area contributed by atoms with Crippen LogP contribution in [0.15, 0.2) is 12.3 Å². The SMILES string of the molecule is Cc1ccnc(OC(C)(C)CN)n1. The molecular weight excluding hydrogens is 166 g/mol. The van der Waals surface area contributed by atoms with Crippen LogP contribution in [0.1, 0.15) is 19.5 Å². The van der Waals surface area contributed by atoms with Crippen molar-refractivity contribution in [2.75, 3.05) is 6.54 Å². The lowest BCUT2D eigenvalue weighted by Gasteiger charge is -2.22. The largest absolute Gasteiger partial charge is 0.456 e. The third-order valence-electron chi connectivity index (χ3n) is 1.63. The highest BCUT2D eigenvalue weighted by molar-refractivity contribution is 5.04. The molecule has 0 saturated carbocycles. The van der Waals surface area contributed by atoms with E-state index in [1.807, 2.05) is 26.8 Å². The molecule has 1 rings (SSSR count). The van der Waals surface area contributed by atoms with E-state index in [1.54, 1.807) is 6.20 Å². The third kappa shape index (κ3) is 2.99. The fraction of sp³-hybridized carbons (Fsp3) is 0.556. The van der Waals surface area contributed by atoms with E-state index < -0.39 is 5.60 Å². The lowest BCUT2D eigenvalue weighted by molar-refractivity contribution is 0.105. The summed E-state index contributed by atoms with van der Waals surface area (Å²) in [6.07, 6.45) is 1.67. The van der Waals surface area contributed by atoms with E-state index in [-0.39, 0.29) is 0 Å². The summed E-state index contributed by atoms with van der Waals surface area (Å²) in [5, 5.41) is 0. The Labute approximate surface area is 78.1 Å². The van der Waals surface area contributed by atoms with E-state index >= 15 is 0 Å². The minimum absolute atomic E-state index is 0.385. The maximum Gasteiger partial charge on any atom is 0.317 e. The van der Waals surface area contributed by atoms with Gasteiger partial charge < -0.3 is 10.5 Å². The van der Waals surface area contributed by atoms with Crippen molar-refractivity contribution in [3.05, 3.63) is 18.0 Å². The molecule has 4 heteroatoms.